The summed E-state index contributed by atoms with van der Waals surface area (Å²) in [4.78, 5) is 6.90. The van der Waals surface area contributed by atoms with Crippen molar-refractivity contribution < 1.29 is 4.74 Å². The third-order valence-corrected chi connectivity index (χ3v) is 3.53. The second kappa shape index (κ2) is 7.46. The fourth-order valence-electron chi connectivity index (χ4n) is 2.53. The Morgan fingerprint density at radius 3 is 2.68 bits per heavy atom. The van der Waals surface area contributed by atoms with Gasteiger partial charge in [-0.05, 0) is 38.3 Å². The van der Waals surface area contributed by atoms with E-state index in [2.05, 4.69) is 41.2 Å². The van der Waals surface area contributed by atoms with Crippen LogP contribution in [0.4, 0.5) is 5.82 Å². The van der Waals surface area contributed by atoms with E-state index >= 15 is 0 Å². The molecule has 0 spiro atoms. The molecule has 1 fully saturated rings. The maximum atomic E-state index is 5.68. The number of anilines is 1. The SMILES string of the molecule is CCNc1ccc(CN2CCC(OCC)CC2)cn1. The Morgan fingerprint density at radius 2 is 2.11 bits per heavy atom. The number of nitrogens with one attached hydrogen (secondary N) is 1. The average Bonchev–Trinajstić information content (AvgIpc) is 2.44. The Hall–Kier alpha value is -1.13. The second-order valence-corrected chi connectivity index (χ2v) is 5.01. The van der Waals surface area contributed by atoms with E-state index in [0.717, 1.165) is 51.4 Å². The predicted molar refractivity (Wildman–Crippen MR) is 78.3 cm³/mol. The molecule has 1 N–H and O–H groups in total. The van der Waals surface area contributed by atoms with E-state index in [9.17, 15) is 0 Å². The Balaban J connectivity index is 1.78. The second-order valence-electron chi connectivity index (χ2n) is 5.01. The summed E-state index contributed by atoms with van der Waals surface area (Å²) >= 11 is 0. The van der Waals surface area contributed by atoms with Crippen molar-refractivity contribution in [3.8, 4) is 0 Å². The average molecular weight is 263 g/mol. The van der Waals surface area contributed by atoms with E-state index in [1.54, 1.807) is 0 Å². The summed E-state index contributed by atoms with van der Waals surface area (Å²) in [6.45, 7) is 9.15. The van der Waals surface area contributed by atoms with E-state index in [1.165, 1.54) is 5.56 Å². The molecular weight excluding hydrogens is 238 g/mol. The molecule has 0 amide bonds. The van der Waals surface area contributed by atoms with Crippen LogP contribution in [0.25, 0.3) is 0 Å². The van der Waals surface area contributed by atoms with Crippen LogP contribution in [0.15, 0.2) is 18.3 Å². The molecule has 2 rings (SSSR count). The molecule has 0 bridgehead atoms. The van der Waals surface area contributed by atoms with Crippen molar-refractivity contribution in [2.75, 3.05) is 31.6 Å². The highest BCUT2D eigenvalue weighted by molar-refractivity contribution is 5.35. The van der Waals surface area contributed by atoms with Crippen molar-refractivity contribution in [1.29, 1.82) is 0 Å². The molecule has 0 saturated carbocycles. The molecule has 1 aromatic heterocycles. The first kappa shape index (κ1) is 14.3. The van der Waals surface area contributed by atoms with Gasteiger partial charge in [-0.2, -0.15) is 0 Å². The maximum absolute atomic E-state index is 5.68. The molecule has 0 atom stereocenters. The first-order valence-corrected chi connectivity index (χ1v) is 7.34. The number of hydrogen-bond donors (Lipinski definition) is 1. The lowest BCUT2D eigenvalue weighted by molar-refractivity contribution is 0.0125. The minimum Gasteiger partial charge on any atom is -0.378 e. The minimum absolute atomic E-state index is 0.468. The lowest BCUT2D eigenvalue weighted by Gasteiger charge is -2.31. The van der Waals surface area contributed by atoms with Crippen molar-refractivity contribution in [3.05, 3.63) is 23.9 Å². The standard InChI is InChI=1S/C15H25N3O/c1-3-16-15-6-5-13(11-17-15)12-18-9-7-14(8-10-18)19-4-2/h5-6,11,14H,3-4,7-10,12H2,1-2H3,(H,16,17). The number of rotatable bonds is 6. The highest BCUT2D eigenvalue weighted by Crippen LogP contribution is 2.16. The van der Waals surface area contributed by atoms with Gasteiger partial charge in [-0.3, -0.25) is 4.90 Å². The topological polar surface area (TPSA) is 37.4 Å². The zero-order chi connectivity index (χ0) is 13.5. The zero-order valence-corrected chi connectivity index (χ0v) is 12.1. The highest BCUT2D eigenvalue weighted by Gasteiger charge is 2.19. The van der Waals surface area contributed by atoms with E-state index < -0.39 is 0 Å². The molecule has 1 aliphatic rings. The van der Waals surface area contributed by atoms with Gasteiger partial charge in [-0.1, -0.05) is 6.07 Å². The van der Waals surface area contributed by atoms with Gasteiger partial charge in [-0.15, -0.1) is 0 Å². The minimum atomic E-state index is 0.468. The summed E-state index contributed by atoms with van der Waals surface area (Å²) in [7, 11) is 0. The molecule has 0 aliphatic carbocycles. The van der Waals surface area contributed by atoms with Gasteiger partial charge in [-0.25, -0.2) is 4.98 Å². The normalized spacial score (nSPS) is 17.6. The number of likely N-dealkylation sites (tertiary alicyclic amines) is 1. The van der Waals surface area contributed by atoms with Crippen LogP contribution in [0.5, 0.6) is 0 Å². The molecule has 0 radical (unpaired) electrons. The largest absolute Gasteiger partial charge is 0.378 e. The van der Waals surface area contributed by atoms with Gasteiger partial charge in [0, 0.05) is 39.0 Å². The summed E-state index contributed by atoms with van der Waals surface area (Å²) < 4.78 is 5.68. The lowest BCUT2D eigenvalue weighted by Crippen LogP contribution is -2.36. The summed E-state index contributed by atoms with van der Waals surface area (Å²) in [5.41, 5.74) is 1.29. The van der Waals surface area contributed by atoms with Crippen LogP contribution in [-0.4, -0.2) is 42.2 Å². The third kappa shape index (κ3) is 4.48. The van der Waals surface area contributed by atoms with Gasteiger partial charge < -0.3 is 10.1 Å². The molecule has 19 heavy (non-hydrogen) atoms. The quantitative estimate of drug-likeness (QED) is 0.856. The summed E-state index contributed by atoms with van der Waals surface area (Å²) in [5.74, 6) is 0.960. The van der Waals surface area contributed by atoms with Gasteiger partial charge in [0.25, 0.3) is 0 Å². The number of pyridine rings is 1. The fraction of sp³-hybridized carbons (Fsp3) is 0.667. The highest BCUT2D eigenvalue weighted by atomic mass is 16.5. The van der Waals surface area contributed by atoms with Gasteiger partial charge in [0.2, 0.25) is 0 Å². The number of piperidine rings is 1. The molecule has 1 saturated heterocycles. The molecule has 4 nitrogen and oxygen atoms in total. The lowest BCUT2D eigenvalue weighted by atomic mass is 10.1. The Bertz CT molecular complexity index is 358. The smallest absolute Gasteiger partial charge is 0.125 e. The van der Waals surface area contributed by atoms with Gasteiger partial charge in [0.15, 0.2) is 0 Å². The number of hydrogen-bond acceptors (Lipinski definition) is 4. The number of aromatic nitrogens is 1. The Labute approximate surface area is 116 Å². The number of nitrogens with zero attached hydrogens (tertiary/aromatic N) is 2. The molecule has 1 aromatic rings. The Kier molecular flexibility index (Phi) is 5.61. The van der Waals surface area contributed by atoms with Crippen LogP contribution in [0.2, 0.25) is 0 Å². The fourth-order valence-corrected chi connectivity index (χ4v) is 2.53. The third-order valence-electron chi connectivity index (χ3n) is 3.53. The van der Waals surface area contributed by atoms with Gasteiger partial charge >= 0.3 is 0 Å². The van der Waals surface area contributed by atoms with Crippen molar-refractivity contribution in [2.24, 2.45) is 0 Å². The van der Waals surface area contributed by atoms with Crippen LogP contribution < -0.4 is 5.32 Å². The van der Waals surface area contributed by atoms with E-state index in [-0.39, 0.29) is 0 Å². The van der Waals surface area contributed by atoms with Crippen LogP contribution in [-0.2, 0) is 11.3 Å². The maximum Gasteiger partial charge on any atom is 0.125 e. The molecule has 106 valence electrons. The van der Waals surface area contributed by atoms with Crippen molar-refractivity contribution >= 4 is 5.82 Å². The molecule has 2 heterocycles. The molecule has 0 unspecified atom stereocenters. The Morgan fingerprint density at radius 1 is 1.32 bits per heavy atom. The van der Waals surface area contributed by atoms with Crippen LogP contribution in [0, 0.1) is 0 Å². The van der Waals surface area contributed by atoms with Crippen molar-refractivity contribution in [2.45, 2.75) is 39.3 Å². The molecule has 1 aliphatic heterocycles. The van der Waals surface area contributed by atoms with Gasteiger partial charge in [0.1, 0.15) is 5.82 Å². The van der Waals surface area contributed by atoms with Gasteiger partial charge in [0.05, 0.1) is 6.10 Å². The van der Waals surface area contributed by atoms with Crippen LogP contribution in [0.1, 0.15) is 32.3 Å². The van der Waals surface area contributed by atoms with E-state index in [1.807, 2.05) is 6.20 Å². The van der Waals surface area contributed by atoms with Crippen LogP contribution >= 0.6 is 0 Å². The van der Waals surface area contributed by atoms with Crippen LogP contribution in [0.3, 0.4) is 0 Å². The summed E-state index contributed by atoms with van der Waals surface area (Å²) in [6.07, 6.45) is 4.75. The monoisotopic (exact) mass is 263 g/mol. The molecule has 4 heteroatoms. The van der Waals surface area contributed by atoms with Crippen molar-refractivity contribution in [1.82, 2.24) is 9.88 Å². The van der Waals surface area contributed by atoms with Crippen molar-refractivity contribution in [3.63, 3.8) is 0 Å². The summed E-state index contributed by atoms with van der Waals surface area (Å²) in [6, 6.07) is 4.23. The number of ether oxygens (including phenoxy) is 1. The van der Waals surface area contributed by atoms with E-state index in [4.69, 9.17) is 4.74 Å². The summed E-state index contributed by atoms with van der Waals surface area (Å²) in [5, 5.41) is 3.22. The first-order chi connectivity index (χ1) is 9.31. The predicted octanol–water partition coefficient (Wildman–Crippen LogP) is 2.51. The molecule has 0 aromatic carbocycles. The van der Waals surface area contributed by atoms with E-state index in [0.29, 0.717) is 6.10 Å². The zero-order valence-electron chi connectivity index (χ0n) is 12.1. The molecular formula is C15H25N3O. The first-order valence-electron chi connectivity index (χ1n) is 7.34.